The summed E-state index contributed by atoms with van der Waals surface area (Å²) in [6.45, 7) is 3.51. The number of nitrogens with zero attached hydrogens (tertiary/aromatic N) is 2. The summed E-state index contributed by atoms with van der Waals surface area (Å²) >= 11 is 0. The zero-order valence-electron chi connectivity index (χ0n) is 14.5. The number of ketones is 1. The first-order valence-corrected chi connectivity index (χ1v) is 8.51. The van der Waals surface area contributed by atoms with E-state index in [0.717, 1.165) is 36.1 Å². The van der Waals surface area contributed by atoms with Gasteiger partial charge in [0.25, 0.3) is 0 Å². The van der Waals surface area contributed by atoms with Crippen molar-refractivity contribution in [3.63, 3.8) is 0 Å². The molecule has 0 amide bonds. The van der Waals surface area contributed by atoms with Gasteiger partial charge in [0, 0.05) is 17.7 Å². The number of Topliss-reactive ketones (excluding diaryl/α,β-unsaturated/α-hetero) is 1. The number of aromatic nitrogens is 2. The summed E-state index contributed by atoms with van der Waals surface area (Å²) < 4.78 is 21.1. The molecular formula is C19H21FN2O3. The number of halogens is 1. The fourth-order valence-electron chi connectivity index (χ4n) is 3.14. The maximum absolute atomic E-state index is 14.3. The summed E-state index contributed by atoms with van der Waals surface area (Å²) in [5.74, 6) is -0.803. The van der Waals surface area contributed by atoms with E-state index in [1.807, 2.05) is 13.0 Å². The lowest BCUT2D eigenvalue weighted by atomic mass is 10.2. The molecule has 0 saturated carbocycles. The summed E-state index contributed by atoms with van der Waals surface area (Å²) in [5, 5.41) is 4.34. The third-order valence-corrected chi connectivity index (χ3v) is 4.36. The Kier molecular flexibility index (Phi) is 4.97. The lowest BCUT2D eigenvalue weighted by Gasteiger charge is -2.07. The Morgan fingerprint density at radius 3 is 2.84 bits per heavy atom. The van der Waals surface area contributed by atoms with Gasteiger partial charge in [-0.25, -0.2) is 13.9 Å². The number of benzene rings is 1. The maximum Gasteiger partial charge on any atom is 0.359 e. The number of fused-ring (bicyclic) bond motifs is 1. The van der Waals surface area contributed by atoms with Crippen LogP contribution in [0.15, 0.2) is 18.2 Å². The van der Waals surface area contributed by atoms with Crippen molar-refractivity contribution >= 4 is 11.8 Å². The Bertz CT molecular complexity index is 826. The van der Waals surface area contributed by atoms with Gasteiger partial charge in [0.15, 0.2) is 5.69 Å². The third-order valence-electron chi connectivity index (χ3n) is 4.36. The number of aryl methyl sites for hydroxylation is 1. The molecule has 1 aromatic carbocycles. The second kappa shape index (κ2) is 7.17. The van der Waals surface area contributed by atoms with Crippen molar-refractivity contribution in [1.29, 1.82) is 0 Å². The van der Waals surface area contributed by atoms with Gasteiger partial charge in [-0.05, 0) is 57.2 Å². The summed E-state index contributed by atoms with van der Waals surface area (Å²) in [5.41, 5.74) is 3.15. The minimum Gasteiger partial charge on any atom is -0.461 e. The normalized spacial score (nSPS) is 12.9. The van der Waals surface area contributed by atoms with E-state index in [4.69, 9.17) is 4.74 Å². The first-order valence-electron chi connectivity index (χ1n) is 8.51. The average Bonchev–Trinajstić information content (AvgIpc) is 3.14. The van der Waals surface area contributed by atoms with Crippen LogP contribution in [0.3, 0.4) is 0 Å². The van der Waals surface area contributed by atoms with Crippen molar-refractivity contribution in [2.75, 3.05) is 6.61 Å². The zero-order valence-corrected chi connectivity index (χ0v) is 14.5. The van der Waals surface area contributed by atoms with E-state index in [1.54, 1.807) is 6.07 Å². The Morgan fingerprint density at radius 2 is 2.12 bits per heavy atom. The van der Waals surface area contributed by atoms with Crippen molar-refractivity contribution in [3.05, 3.63) is 46.5 Å². The van der Waals surface area contributed by atoms with Crippen LogP contribution in [0.4, 0.5) is 4.39 Å². The van der Waals surface area contributed by atoms with Crippen LogP contribution in [0.25, 0.3) is 5.69 Å². The largest absolute Gasteiger partial charge is 0.461 e. The molecule has 1 aromatic heterocycles. The summed E-state index contributed by atoms with van der Waals surface area (Å²) in [6, 6.07) is 4.96. The number of esters is 1. The number of carbonyl (C=O) groups is 2. The molecule has 0 atom stereocenters. The van der Waals surface area contributed by atoms with E-state index in [9.17, 15) is 14.0 Å². The van der Waals surface area contributed by atoms with Crippen LogP contribution in [0.1, 0.15) is 53.5 Å². The molecule has 25 heavy (non-hydrogen) atoms. The molecule has 1 aliphatic rings. The van der Waals surface area contributed by atoms with E-state index >= 15 is 0 Å². The summed E-state index contributed by atoms with van der Waals surface area (Å²) in [4.78, 5) is 23.3. The Morgan fingerprint density at radius 1 is 1.32 bits per heavy atom. The highest BCUT2D eigenvalue weighted by Crippen LogP contribution is 2.29. The van der Waals surface area contributed by atoms with Crippen molar-refractivity contribution in [3.8, 4) is 5.69 Å². The highest BCUT2D eigenvalue weighted by molar-refractivity contribution is 5.89. The van der Waals surface area contributed by atoms with Crippen LogP contribution in [0, 0.1) is 12.7 Å². The van der Waals surface area contributed by atoms with Crippen LogP contribution in [-0.4, -0.2) is 28.1 Å². The predicted molar refractivity (Wildman–Crippen MR) is 90.5 cm³/mol. The Balaban J connectivity index is 1.84. The number of hydrogen-bond acceptors (Lipinski definition) is 4. The van der Waals surface area contributed by atoms with E-state index in [2.05, 4.69) is 5.10 Å². The van der Waals surface area contributed by atoms with Crippen molar-refractivity contribution in [2.45, 2.75) is 46.0 Å². The predicted octanol–water partition coefficient (Wildman–Crippen LogP) is 3.33. The molecule has 2 aromatic rings. The molecule has 1 aliphatic carbocycles. The molecule has 0 N–H and O–H groups in total. The van der Waals surface area contributed by atoms with Crippen LogP contribution < -0.4 is 0 Å². The van der Waals surface area contributed by atoms with Gasteiger partial charge in [-0.2, -0.15) is 5.10 Å². The van der Waals surface area contributed by atoms with Gasteiger partial charge in [-0.3, -0.25) is 0 Å². The van der Waals surface area contributed by atoms with E-state index < -0.39 is 5.97 Å². The zero-order chi connectivity index (χ0) is 18.0. The van der Waals surface area contributed by atoms with Gasteiger partial charge in [0.1, 0.15) is 17.3 Å². The molecule has 0 spiro atoms. The fraction of sp³-hybridized carbons (Fsp3) is 0.421. The second-order valence-corrected chi connectivity index (χ2v) is 6.44. The van der Waals surface area contributed by atoms with E-state index in [1.165, 1.54) is 17.7 Å². The number of ether oxygens (including phenoxy) is 1. The topological polar surface area (TPSA) is 61.2 Å². The monoisotopic (exact) mass is 344 g/mol. The smallest absolute Gasteiger partial charge is 0.359 e. The molecule has 3 rings (SSSR count). The lowest BCUT2D eigenvalue weighted by molar-refractivity contribution is -0.117. The standard InChI is InChI=1S/C19H21FN2O3/c1-12-8-9-17(15(20)11-12)22-16-7-3-6-14(16)18(21-22)19(24)25-10-4-5-13(2)23/h8-9,11H,3-7,10H2,1-2H3. The molecular weight excluding hydrogens is 323 g/mol. The van der Waals surface area contributed by atoms with E-state index in [0.29, 0.717) is 18.5 Å². The van der Waals surface area contributed by atoms with Gasteiger partial charge in [0.2, 0.25) is 0 Å². The van der Waals surface area contributed by atoms with Gasteiger partial charge in [-0.1, -0.05) is 6.07 Å². The quantitative estimate of drug-likeness (QED) is 0.596. The van der Waals surface area contributed by atoms with Crippen molar-refractivity contribution < 1.29 is 18.7 Å². The minimum absolute atomic E-state index is 0.0658. The molecule has 0 radical (unpaired) electrons. The Hall–Kier alpha value is -2.50. The lowest BCUT2D eigenvalue weighted by Crippen LogP contribution is -2.11. The molecule has 0 bridgehead atoms. The molecule has 1 heterocycles. The molecule has 132 valence electrons. The summed E-state index contributed by atoms with van der Waals surface area (Å²) in [7, 11) is 0. The van der Waals surface area contributed by atoms with Crippen molar-refractivity contribution in [2.24, 2.45) is 0 Å². The van der Waals surface area contributed by atoms with Gasteiger partial charge >= 0.3 is 5.97 Å². The minimum atomic E-state index is -0.507. The van der Waals surface area contributed by atoms with Crippen molar-refractivity contribution in [1.82, 2.24) is 9.78 Å². The molecule has 5 nitrogen and oxygen atoms in total. The highest BCUT2D eigenvalue weighted by atomic mass is 19.1. The average molecular weight is 344 g/mol. The first kappa shape index (κ1) is 17.3. The third kappa shape index (κ3) is 3.62. The number of carbonyl (C=O) groups excluding carboxylic acids is 2. The number of rotatable bonds is 6. The Labute approximate surface area is 145 Å². The fourth-order valence-corrected chi connectivity index (χ4v) is 3.14. The van der Waals surface area contributed by atoms with Crippen LogP contribution in [0.5, 0.6) is 0 Å². The number of hydrogen-bond donors (Lipinski definition) is 0. The van der Waals surface area contributed by atoms with Gasteiger partial charge < -0.3 is 9.53 Å². The van der Waals surface area contributed by atoms with Crippen LogP contribution in [-0.2, 0) is 22.4 Å². The SMILES string of the molecule is CC(=O)CCCOC(=O)c1nn(-c2ccc(C)cc2F)c2c1CCC2. The molecule has 6 heteroatoms. The summed E-state index contributed by atoms with van der Waals surface area (Å²) in [6.07, 6.45) is 3.28. The van der Waals surface area contributed by atoms with Crippen LogP contribution >= 0.6 is 0 Å². The second-order valence-electron chi connectivity index (χ2n) is 6.44. The van der Waals surface area contributed by atoms with E-state index in [-0.39, 0.29) is 23.9 Å². The van der Waals surface area contributed by atoms with Gasteiger partial charge in [0.05, 0.1) is 6.61 Å². The molecule has 0 aliphatic heterocycles. The first-order chi connectivity index (χ1) is 12.0. The maximum atomic E-state index is 14.3. The highest BCUT2D eigenvalue weighted by Gasteiger charge is 2.28. The molecule has 0 saturated heterocycles. The molecule has 0 fully saturated rings. The molecule has 0 unspecified atom stereocenters. The van der Waals surface area contributed by atoms with Crippen LogP contribution in [0.2, 0.25) is 0 Å². The van der Waals surface area contributed by atoms with Gasteiger partial charge in [-0.15, -0.1) is 0 Å².